The van der Waals surface area contributed by atoms with Crippen LogP contribution in [0.1, 0.15) is 37.1 Å². The molecule has 0 aromatic carbocycles. The van der Waals surface area contributed by atoms with Crippen LogP contribution in [0.4, 0.5) is 0 Å². The summed E-state index contributed by atoms with van der Waals surface area (Å²) < 4.78 is 5.06. The lowest BCUT2D eigenvalue weighted by Crippen LogP contribution is -2.24. The minimum absolute atomic E-state index is 0.159. The highest BCUT2D eigenvalue weighted by Crippen LogP contribution is 2.16. The molecule has 96 valence electrons. The maximum Gasteiger partial charge on any atom is 0.319 e. The van der Waals surface area contributed by atoms with Gasteiger partial charge in [-0.2, -0.15) is 0 Å². The largest absolute Gasteiger partial charge is 0.465 e. The van der Waals surface area contributed by atoms with E-state index in [0.717, 1.165) is 25.8 Å². The first-order chi connectivity index (χ1) is 8.27. The maximum absolute atomic E-state index is 11.3. The van der Waals surface area contributed by atoms with Gasteiger partial charge >= 0.3 is 5.97 Å². The van der Waals surface area contributed by atoms with Crippen molar-refractivity contribution in [2.45, 2.75) is 39.7 Å². The Hall–Kier alpha value is -0.870. The van der Waals surface area contributed by atoms with Gasteiger partial charge < -0.3 is 10.1 Å². The Morgan fingerprint density at radius 3 is 3.00 bits per heavy atom. The minimum Gasteiger partial charge on any atom is -0.465 e. The van der Waals surface area contributed by atoms with Crippen molar-refractivity contribution in [2.24, 2.45) is 0 Å². The highest BCUT2D eigenvalue weighted by atomic mass is 32.1. The zero-order chi connectivity index (χ0) is 12.5. The van der Waals surface area contributed by atoms with Gasteiger partial charge in [-0.25, -0.2) is 0 Å². The molecule has 0 aliphatic carbocycles. The van der Waals surface area contributed by atoms with Gasteiger partial charge in [0.2, 0.25) is 0 Å². The predicted octanol–water partition coefficient (Wildman–Crippen LogP) is 2.74. The number of aryl methyl sites for hydroxylation is 1. The summed E-state index contributed by atoms with van der Waals surface area (Å²) in [5.74, 6) is -0.159. The number of ether oxygens (including phenoxy) is 1. The molecule has 0 atom stereocenters. The second kappa shape index (κ2) is 8.25. The fraction of sp³-hybridized carbons (Fsp3) is 0.615. The molecule has 0 amide bonds. The van der Waals surface area contributed by atoms with Crippen molar-refractivity contribution in [1.29, 1.82) is 0 Å². The van der Waals surface area contributed by atoms with E-state index in [0.29, 0.717) is 13.2 Å². The zero-order valence-corrected chi connectivity index (χ0v) is 11.4. The molecule has 1 aromatic rings. The standard InChI is InChI=1S/C13H21NO2S/c1-3-5-7-16-13(15)10-14-9-12-11(4-2)6-8-17-12/h6,8,14H,3-5,7,9-10H2,1-2H3. The van der Waals surface area contributed by atoms with E-state index >= 15 is 0 Å². The molecule has 1 rings (SSSR count). The molecule has 0 saturated heterocycles. The Labute approximate surface area is 107 Å². The van der Waals surface area contributed by atoms with E-state index in [1.807, 2.05) is 0 Å². The van der Waals surface area contributed by atoms with E-state index in [-0.39, 0.29) is 5.97 Å². The van der Waals surface area contributed by atoms with Gasteiger partial charge in [0.05, 0.1) is 13.2 Å². The van der Waals surface area contributed by atoms with E-state index < -0.39 is 0 Å². The smallest absolute Gasteiger partial charge is 0.319 e. The Morgan fingerprint density at radius 2 is 2.29 bits per heavy atom. The summed E-state index contributed by atoms with van der Waals surface area (Å²) in [5.41, 5.74) is 1.36. The van der Waals surface area contributed by atoms with Crippen LogP contribution in [0.2, 0.25) is 0 Å². The van der Waals surface area contributed by atoms with Crippen LogP contribution in [0, 0.1) is 0 Å². The van der Waals surface area contributed by atoms with E-state index in [9.17, 15) is 4.79 Å². The molecule has 0 saturated carbocycles. The summed E-state index contributed by atoms with van der Waals surface area (Å²) in [6.45, 7) is 5.81. The lowest BCUT2D eigenvalue weighted by molar-refractivity contribution is -0.142. The first kappa shape index (κ1) is 14.2. The monoisotopic (exact) mass is 255 g/mol. The molecule has 1 aromatic heterocycles. The quantitative estimate of drug-likeness (QED) is 0.573. The molecule has 0 bridgehead atoms. The average Bonchev–Trinajstić information content (AvgIpc) is 2.77. The highest BCUT2D eigenvalue weighted by molar-refractivity contribution is 7.10. The summed E-state index contributed by atoms with van der Waals surface area (Å²) in [7, 11) is 0. The second-order valence-electron chi connectivity index (χ2n) is 3.90. The molecule has 4 heteroatoms. The lowest BCUT2D eigenvalue weighted by atomic mass is 10.2. The van der Waals surface area contributed by atoms with Crippen LogP contribution in [-0.2, 0) is 22.5 Å². The number of thiophene rings is 1. The third kappa shape index (κ3) is 5.33. The number of unbranched alkanes of at least 4 members (excludes halogenated alkanes) is 1. The third-order valence-corrected chi connectivity index (χ3v) is 3.50. The summed E-state index contributed by atoms with van der Waals surface area (Å²) in [5, 5.41) is 5.22. The predicted molar refractivity (Wildman–Crippen MR) is 71.3 cm³/mol. The summed E-state index contributed by atoms with van der Waals surface area (Å²) in [4.78, 5) is 12.6. The Morgan fingerprint density at radius 1 is 1.47 bits per heavy atom. The zero-order valence-electron chi connectivity index (χ0n) is 10.6. The fourth-order valence-corrected chi connectivity index (χ4v) is 2.44. The van der Waals surface area contributed by atoms with Crippen LogP contribution in [0.3, 0.4) is 0 Å². The number of rotatable bonds is 8. The van der Waals surface area contributed by atoms with Gasteiger partial charge in [-0.3, -0.25) is 4.79 Å². The van der Waals surface area contributed by atoms with Gasteiger partial charge in [-0.1, -0.05) is 20.3 Å². The number of esters is 1. The van der Waals surface area contributed by atoms with Crippen molar-refractivity contribution < 1.29 is 9.53 Å². The molecule has 0 unspecified atom stereocenters. The molecule has 0 radical (unpaired) electrons. The molecule has 0 spiro atoms. The molecule has 0 fully saturated rings. The molecule has 0 aliphatic rings. The van der Waals surface area contributed by atoms with Crippen LogP contribution in [0.15, 0.2) is 11.4 Å². The lowest BCUT2D eigenvalue weighted by Gasteiger charge is -2.06. The van der Waals surface area contributed by atoms with E-state index in [2.05, 4.69) is 30.6 Å². The Kier molecular flexibility index (Phi) is 6.89. The number of carbonyl (C=O) groups is 1. The van der Waals surface area contributed by atoms with Crippen molar-refractivity contribution in [3.05, 3.63) is 21.9 Å². The Balaban J connectivity index is 2.17. The van der Waals surface area contributed by atoms with E-state index in [1.54, 1.807) is 11.3 Å². The van der Waals surface area contributed by atoms with Gasteiger partial charge in [0.1, 0.15) is 0 Å². The second-order valence-corrected chi connectivity index (χ2v) is 4.90. The van der Waals surface area contributed by atoms with Crippen molar-refractivity contribution in [2.75, 3.05) is 13.2 Å². The first-order valence-corrected chi connectivity index (χ1v) is 7.07. The van der Waals surface area contributed by atoms with Crippen LogP contribution in [0.25, 0.3) is 0 Å². The van der Waals surface area contributed by atoms with Gasteiger partial charge in [-0.05, 0) is 29.9 Å². The number of nitrogens with one attached hydrogen (secondary N) is 1. The molecule has 0 aliphatic heterocycles. The van der Waals surface area contributed by atoms with Crippen molar-refractivity contribution >= 4 is 17.3 Å². The normalized spacial score (nSPS) is 10.5. The van der Waals surface area contributed by atoms with E-state index in [1.165, 1.54) is 10.4 Å². The third-order valence-electron chi connectivity index (χ3n) is 2.53. The van der Waals surface area contributed by atoms with Gasteiger partial charge in [0.25, 0.3) is 0 Å². The Bertz CT molecular complexity index is 336. The summed E-state index contributed by atoms with van der Waals surface area (Å²) in [6.07, 6.45) is 3.04. The van der Waals surface area contributed by atoms with Crippen molar-refractivity contribution in [1.82, 2.24) is 5.32 Å². The van der Waals surface area contributed by atoms with Crippen LogP contribution >= 0.6 is 11.3 Å². The van der Waals surface area contributed by atoms with Crippen LogP contribution in [-0.4, -0.2) is 19.1 Å². The maximum atomic E-state index is 11.3. The summed E-state index contributed by atoms with van der Waals surface area (Å²) >= 11 is 1.73. The van der Waals surface area contributed by atoms with Gasteiger partial charge in [0, 0.05) is 11.4 Å². The summed E-state index contributed by atoms with van der Waals surface area (Å²) in [6, 6.07) is 2.14. The molecule has 17 heavy (non-hydrogen) atoms. The fourth-order valence-electron chi connectivity index (χ4n) is 1.50. The highest BCUT2D eigenvalue weighted by Gasteiger charge is 2.04. The van der Waals surface area contributed by atoms with Crippen molar-refractivity contribution in [3.8, 4) is 0 Å². The van der Waals surface area contributed by atoms with Crippen LogP contribution < -0.4 is 5.32 Å². The van der Waals surface area contributed by atoms with Gasteiger partial charge in [0.15, 0.2) is 0 Å². The average molecular weight is 255 g/mol. The van der Waals surface area contributed by atoms with Gasteiger partial charge in [-0.15, -0.1) is 11.3 Å². The van der Waals surface area contributed by atoms with Crippen molar-refractivity contribution in [3.63, 3.8) is 0 Å². The molecule has 3 nitrogen and oxygen atoms in total. The number of carbonyl (C=O) groups excluding carboxylic acids is 1. The van der Waals surface area contributed by atoms with Crippen LogP contribution in [0.5, 0.6) is 0 Å². The van der Waals surface area contributed by atoms with E-state index in [4.69, 9.17) is 4.74 Å². The topological polar surface area (TPSA) is 38.3 Å². The minimum atomic E-state index is -0.159. The number of hydrogen-bond donors (Lipinski definition) is 1. The molecular weight excluding hydrogens is 234 g/mol. The SMILES string of the molecule is CCCCOC(=O)CNCc1sccc1CC. The molecular formula is C13H21NO2S. The first-order valence-electron chi connectivity index (χ1n) is 6.19. The molecule has 1 heterocycles. The molecule has 1 N–H and O–H groups in total. The number of hydrogen-bond acceptors (Lipinski definition) is 4.